The molecule has 0 aromatic heterocycles. The number of benzene rings is 2. The van der Waals surface area contributed by atoms with Gasteiger partial charge in [-0.1, -0.05) is 12.1 Å². The van der Waals surface area contributed by atoms with Crippen LogP contribution in [-0.4, -0.2) is 44.5 Å². The van der Waals surface area contributed by atoms with E-state index in [4.69, 9.17) is 4.74 Å². The van der Waals surface area contributed by atoms with E-state index in [1.807, 2.05) is 0 Å². The first-order valence-electron chi connectivity index (χ1n) is 8.28. The van der Waals surface area contributed by atoms with Crippen molar-refractivity contribution in [2.75, 3.05) is 29.7 Å². The quantitative estimate of drug-likeness (QED) is 0.490. The molecule has 0 heterocycles. The van der Waals surface area contributed by atoms with Gasteiger partial charge in [0.25, 0.3) is 0 Å². The van der Waals surface area contributed by atoms with Gasteiger partial charge >= 0.3 is 0 Å². The maximum Gasteiger partial charge on any atom is 0.234 e. The molecule has 28 heavy (non-hydrogen) atoms. The normalized spacial score (nSPS) is 11.1. The highest BCUT2D eigenvalue weighted by Crippen LogP contribution is 2.24. The molecule has 0 aliphatic carbocycles. The van der Waals surface area contributed by atoms with Gasteiger partial charge in [0.1, 0.15) is 18.2 Å². The molecule has 1 amide bonds. The Bertz CT molecular complexity index is 976. The van der Waals surface area contributed by atoms with Crippen LogP contribution in [0.25, 0.3) is 0 Å². The van der Waals surface area contributed by atoms with Crippen LogP contribution < -0.4 is 10.1 Å². The first kappa shape index (κ1) is 21.9. The van der Waals surface area contributed by atoms with Gasteiger partial charge in [0.15, 0.2) is 15.6 Å². The number of thioether (sulfide) groups is 1. The summed E-state index contributed by atoms with van der Waals surface area (Å²) in [5.41, 5.74) is 0.758. The van der Waals surface area contributed by atoms with E-state index in [2.05, 4.69) is 5.32 Å². The van der Waals surface area contributed by atoms with Gasteiger partial charge in [-0.3, -0.25) is 9.59 Å². The molecule has 9 heteroatoms. The summed E-state index contributed by atoms with van der Waals surface area (Å²) < 4.78 is 41.6. The summed E-state index contributed by atoms with van der Waals surface area (Å²) in [7, 11) is -3.12. The van der Waals surface area contributed by atoms with Crippen LogP contribution in [0.15, 0.2) is 47.4 Å². The molecule has 150 valence electrons. The lowest BCUT2D eigenvalue weighted by Gasteiger charge is -2.09. The van der Waals surface area contributed by atoms with Crippen LogP contribution in [0.3, 0.4) is 0 Å². The minimum Gasteiger partial charge on any atom is -0.492 e. The Morgan fingerprint density at radius 3 is 2.57 bits per heavy atom. The Morgan fingerprint density at radius 1 is 1.18 bits per heavy atom. The number of halogens is 1. The SMILES string of the molecule is CC(=O)c1ccc(SCC(=O)Nc2cccc(OCCS(C)(=O)=O)c2)c(F)c1. The average Bonchev–Trinajstić information content (AvgIpc) is 2.59. The number of ether oxygens (including phenoxy) is 1. The summed E-state index contributed by atoms with van der Waals surface area (Å²) in [6.45, 7) is 1.37. The van der Waals surface area contributed by atoms with E-state index in [9.17, 15) is 22.4 Å². The zero-order chi connectivity index (χ0) is 20.7. The van der Waals surface area contributed by atoms with E-state index in [0.29, 0.717) is 11.4 Å². The molecule has 2 aromatic carbocycles. The van der Waals surface area contributed by atoms with E-state index >= 15 is 0 Å². The van der Waals surface area contributed by atoms with Crippen LogP contribution in [0.4, 0.5) is 10.1 Å². The van der Waals surface area contributed by atoms with Gasteiger partial charge in [0, 0.05) is 28.5 Å². The van der Waals surface area contributed by atoms with Crippen LogP contribution in [-0.2, 0) is 14.6 Å². The smallest absolute Gasteiger partial charge is 0.234 e. The third-order valence-corrected chi connectivity index (χ3v) is 5.49. The Balaban J connectivity index is 1.89. The molecule has 0 aliphatic rings. The van der Waals surface area contributed by atoms with Crippen molar-refractivity contribution in [3.63, 3.8) is 0 Å². The number of Topliss-reactive ketones (excluding diaryl/α,β-unsaturated/α-hetero) is 1. The van der Waals surface area contributed by atoms with Crippen LogP contribution in [0.2, 0.25) is 0 Å². The second kappa shape index (κ2) is 9.70. The molecule has 0 bridgehead atoms. The monoisotopic (exact) mass is 425 g/mol. The van der Waals surface area contributed by atoms with Crippen LogP contribution in [0.1, 0.15) is 17.3 Å². The Kier molecular flexibility index (Phi) is 7.59. The summed E-state index contributed by atoms with van der Waals surface area (Å²) in [5, 5.41) is 2.67. The first-order chi connectivity index (χ1) is 13.1. The Morgan fingerprint density at radius 2 is 1.93 bits per heavy atom. The molecule has 0 fully saturated rings. The molecule has 0 aliphatic heterocycles. The Hall–Kier alpha value is -2.39. The van der Waals surface area contributed by atoms with E-state index in [-0.39, 0.29) is 40.3 Å². The third kappa shape index (κ3) is 7.32. The highest BCUT2D eigenvalue weighted by Gasteiger charge is 2.10. The van der Waals surface area contributed by atoms with Gasteiger partial charge < -0.3 is 10.1 Å². The summed E-state index contributed by atoms with van der Waals surface area (Å²) >= 11 is 1.02. The van der Waals surface area contributed by atoms with Crippen molar-refractivity contribution in [3.8, 4) is 5.75 Å². The molecule has 0 atom stereocenters. The first-order valence-corrected chi connectivity index (χ1v) is 11.3. The average molecular weight is 426 g/mol. The zero-order valence-electron chi connectivity index (χ0n) is 15.4. The molecule has 0 saturated heterocycles. The van der Waals surface area contributed by atoms with Gasteiger partial charge in [0.2, 0.25) is 5.91 Å². The molecule has 2 rings (SSSR count). The highest BCUT2D eigenvalue weighted by atomic mass is 32.2. The fourth-order valence-electron chi connectivity index (χ4n) is 2.15. The number of hydrogen-bond donors (Lipinski definition) is 1. The van der Waals surface area contributed by atoms with Crippen molar-refractivity contribution in [3.05, 3.63) is 53.8 Å². The molecule has 0 saturated carbocycles. The number of anilines is 1. The zero-order valence-corrected chi connectivity index (χ0v) is 17.0. The third-order valence-electron chi connectivity index (χ3n) is 3.54. The number of carbonyl (C=O) groups excluding carboxylic acids is 2. The maximum absolute atomic E-state index is 14.0. The predicted molar refractivity (Wildman–Crippen MR) is 107 cm³/mol. The molecular formula is C19H20FNO5S2. The van der Waals surface area contributed by atoms with Gasteiger partial charge in [0.05, 0.1) is 11.5 Å². The number of nitrogens with one attached hydrogen (secondary N) is 1. The van der Waals surface area contributed by atoms with E-state index in [1.54, 1.807) is 24.3 Å². The lowest BCUT2D eigenvalue weighted by Crippen LogP contribution is -2.14. The van der Waals surface area contributed by atoms with E-state index < -0.39 is 15.7 Å². The number of ketones is 1. The predicted octanol–water partition coefficient (Wildman–Crippen LogP) is 3.18. The second-order valence-corrected chi connectivity index (χ2v) is 9.32. The van der Waals surface area contributed by atoms with Gasteiger partial charge in [-0.2, -0.15) is 0 Å². The number of rotatable bonds is 9. The molecule has 1 N–H and O–H groups in total. The van der Waals surface area contributed by atoms with Crippen LogP contribution in [0, 0.1) is 5.82 Å². The van der Waals surface area contributed by atoms with Gasteiger partial charge in [-0.25, -0.2) is 12.8 Å². The minimum absolute atomic E-state index is 0.0155. The minimum atomic E-state index is -3.12. The van der Waals surface area contributed by atoms with Crippen LogP contribution >= 0.6 is 11.8 Å². The van der Waals surface area contributed by atoms with Crippen molar-refractivity contribution in [1.29, 1.82) is 0 Å². The summed E-state index contributed by atoms with van der Waals surface area (Å²) in [6, 6.07) is 10.7. The molecule has 6 nitrogen and oxygen atoms in total. The largest absolute Gasteiger partial charge is 0.492 e. The van der Waals surface area contributed by atoms with Crippen molar-refractivity contribution in [2.45, 2.75) is 11.8 Å². The molecule has 0 unspecified atom stereocenters. The van der Waals surface area contributed by atoms with Crippen molar-refractivity contribution < 1.29 is 27.1 Å². The lowest BCUT2D eigenvalue weighted by molar-refractivity contribution is -0.113. The lowest BCUT2D eigenvalue weighted by atomic mass is 10.1. The molecule has 2 aromatic rings. The summed E-state index contributed by atoms with van der Waals surface area (Å²) in [4.78, 5) is 23.6. The summed E-state index contributed by atoms with van der Waals surface area (Å²) in [5.74, 6) is -0.809. The molecule has 0 spiro atoms. The van der Waals surface area contributed by atoms with Crippen molar-refractivity contribution in [2.24, 2.45) is 0 Å². The van der Waals surface area contributed by atoms with Gasteiger partial charge in [-0.05, 0) is 31.2 Å². The number of sulfone groups is 1. The fraction of sp³-hybridized carbons (Fsp3) is 0.263. The molecule has 0 radical (unpaired) electrons. The maximum atomic E-state index is 14.0. The topological polar surface area (TPSA) is 89.5 Å². The van der Waals surface area contributed by atoms with E-state index in [1.165, 1.54) is 19.1 Å². The number of amides is 1. The van der Waals surface area contributed by atoms with E-state index in [0.717, 1.165) is 24.1 Å². The summed E-state index contributed by atoms with van der Waals surface area (Å²) in [6.07, 6.45) is 1.13. The Labute approximate surface area is 167 Å². The van der Waals surface area contributed by atoms with Crippen molar-refractivity contribution in [1.82, 2.24) is 0 Å². The number of carbonyl (C=O) groups is 2. The highest BCUT2D eigenvalue weighted by molar-refractivity contribution is 8.00. The molecular weight excluding hydrogens is 405 g/mol. The van der Waals surface area contributed by atoms with Crippen molar-refractivity contribution >= 4 is 39.0 Å². The second-order valence-electron chi connectivity index (χ2n) is 6.04. The fourth-order valence-corrected chi connectivity index (χ4v) is 3.26. The van der Waals surface area contributed by atoms with Gasteiger partial charge in [-0.15, -0.1) is 11.8 Å². The standard InChI is InChI=1S/C19H20FNO5S2/c1-13(22)14-6-7-18(17(20)10-14)27-12-19(23)21-15-4-3-5-16(11-15)26-8-9-28(2,24)25/h3-7,10-11H,8-9,12H2,1-2H3,(H,21,23). The number of hydrogen-bond acceptors (Lipinski definition) is 6. The van der Waals surface area contributed by atoms with Crippen LogP contribution in [0.5, 0.6) is 5.75 Å².